The molecule has 2 aromatic carbocycles. The molecule has 1 unspecified atom stereocenters. The molecular weight excluding hydrogens is 250 g/mol. The van der Waals surface area contributed by atoms with Crippen molar-refractivity contribution in [2.24, 2.45) is 0 Å². The number of ether oxygens (including phenoxy) is 2. The molecule has 1 atom stereocenters. The molecule has 0 aromatic heterocycles. The summed E-state index contributed by atoms with van der Waals surface area (Å²) in [6.07, 6.45) is 0.0705. The van der Waals surface area contributed by atoms with Crippen LogP contribution in [0.3, 0.4) is 0 Å². The molecule has 3 nitrogen and oxygen atoms in total. The van der Waals surface area contributed by atoms with Crippen LogP contribution in [-0.2, 0) is 0 Å². The second-order valence-corrected chi connectivity index (χ2v) is 5.08. The van der Waals surface area contributed by atoms with Crippen molar-refractivity contribution in [3.63, 3.8) is 0 Å². The van der Waals surface area contributed by atoms with Crippen LogP contribution >= 0.6 is 0 Å². The van der Waals surface area contributed by atoms with Crippen LogP contribution in [-0.4, -0.2) is 6.10 Å². The zero-order valence-corrected chi connectivity index (χ0v) is 12.2. The van der Waals surface area contributed by atoms with E-state index >= 15 is 0 Å². The summed E-state index contributed by atoms with van der Waals surface area (Å²) in [4.78, 5) is 0. The minimum absolute atomic E-state index is 0.0371. The highest BCUT2D eigenvalue weighted by molar-refractivity contribution is 5.50. The Labute approximate surface area is 120 Å². The molecule has 20 heavy (non-hydrogen) atoms. The predicted octanol–water partition coefficient (Wildman–Crippen LogP) is 4.20. The molecule has 3 heteroatoms. The second kappa shape index (κ2) is 6.33. The molecule has 0 radical (unpaired) electrons. The van der Waals surface area contributed by atoms with Crippen LogP contribution in [0.2, 0.25) is 0 Å². The highest BCUT2D eigenvalue weighted by Crippen LogP contribution is 2.28. The largest absolute Gasteiger partial charge is 0.491 e. The van der Waals surface area contributed by atoms with E-state index in [1.165, 1.54) is 0 Å². The molecular formula is C17H21NO2. The molecule has 2 rings (SSSR count). The first-order valence-corrected chi connectivity index (χ1v) is 6.83. The molecule has 0 saturated heterocycles. The fourth-order valence-corrected chi connectivity index (χ4v) is 2.00. The molecule has 2 aromatic rings. The van der Waals surface area contributed by atoms with E-state index in [9.17, 15) is 0 Å². The van der Waals surface area contributed by atoms with Gasteiger partial charge in [0.15, 0.2) is 0 Å². The van der Waals surface area contributed by atoms with Gasteiger partial charge in [0.05, 0.1) is 6.10 Å². The number of hydrogen-bond donors (Lipinski definition) is 1. The van der Waals surface area contributed by atoms with Gasteiger partial charge in [-0.25, -0.2) is 0 Å². The Morgan fingerprint density at radius 3 is 2.05 bits per heavy atom. The predicted molar refractivity (Wildman–Crippen MR) is 82.1 cm³/mol. The smallest absolute Gasteiger partial charge is 0.125 e. The lowest BCUT2D eigenvalue weighted by Crippen LogP contribution is -2.07. The molecule has 0 heterocycles. The Balaban J connectivity index is 2.14. The van der Waals surface area contributed by atoms with Crippen molar-refractivity contribution in [1.29, 1.82) is 0 Å². The molecule has 0 bridgehead atoms. The van der Waals surface area contributed by atoms with Gasteiger partial charge >= 0.3 is 0 Å². The van der Waals surface area contributed by atoms with Crippen molar-refractivity contribution in [3.05, 3.63) is 54.1 Å². The topological polar surface area (TPSA) is 44.5 Å². The lowest BCUT2D eigenvalue weighted by atomic mass is 10.1. The third-order valence-electron chi connectivity index (χ3n) is 2.86. The zero-order valence-electron chi connectivity index (χ0n) is 12.2. The molecule has 0 fully saturated rings. The maximum absolute atomic E-state index is 5.94. The Morgan fingerprint density at radius 1 is 0.850 bits per heavy atom. The van der Waals surface area contributed by atoms with Gasteiger partial charge in [-0.15, -0.1) is 0 Å². The van der Waals surface area contributed by atoms with Gasteiger partial charge < -0.3 is 15.2 Å². The van der Waals surface area contributed by atoms with Crippen molar-refractivity contribution < 1.29 is 9.47 Å². The molecule has 0 aliphatic carbocycles. The maximum Gasteiger partial charge on any atom is 0.125 e. The van der Waals surface area contributed by atoms with E-state index in [1.54, 1.807) is 6.07 Å². The van der Waals surface area contributed by atoms with Crippen LogP contribution in [0.5, 0.6) is 11.5 Å². The maximum atomic E-state index is 5.94. The summed E-state index contributed by atoms with van der Waals surface area (Å²) in [5.41, 5.74) is 7.65. The summed E-state index contributed by atoms with van der Waals surface area (Å²) < 4.78 is 11.6. The minimum atomic E-state index is -0.0371. The molecule has 0 aliphatic heterocycles. The Bertz CT molecular complexity index is 552. The van der Waals surface area contributed by atoms with Gasteiger partial charge in [0.1, 0.15) is 17.6 Å². The summed E-state index contributed by atoms with van der Waals surface area (Å²) >= 11 is 0. The normalized spacial score (nSPS) is 12.2. The van der Waals surface area contributed by atoms with Crippen molar-refractivity contribution >= 4 is 5.69 Å². The average Bonchev–Trinajstić information content (AvgIpc) is 2.38. The molecule has 106 valence electrons. The molecule has 0 amide bonds. The summed E-state index contributed by atoms with van der Waals surface area (Å²) in [5, 5.41) is 0. The van der Waals surface area contributed by atoms with Crippen molar-refractivity contribution in [3.8, 4) is 11.5 Å². The van der Waals surface area contributed by atoms with Crippen LogP contribution in [0.4, 0.5) is 5.69 Å². The standard InChI is InChI=1S/C17H21NO2/c1-12(2)19-16-9-15(18)10-17(11-16)20-13(3)14-7-5-4-6-8-14/h4-13H,18H2,1-3H3. The fraction of sp³-hybridized carbons (Fsp3) is 0.294. The van der Waals surface area contributed by atoms with Crippen molar-refractivity contribution in [2.75, 3.05) is 5.73 Å². The fourth-order valence-electron chi connectivity index (χ4n) is 2.00. The van der Waals surface area contributed by atoms with Gasteiger partial charge in [0.2, 0.25) is 0 Å². The first-order valence-electron chi connectivity index (χ1n) is 6.83. The number of nitrogens with two attached hydrogens (primary N) is 1. The highest BCUT2D eigenvalue weighted by Gasteiger charge is 2.09. The van der Waals surface area contributed by atoms with E-state index in [-0.39, 0.29) is 12.2 Å². The SMILES string of the molecule is CC(C)Oc1cc(N)cc(OC(C)c2ccccc2)c1. The van der Waals surface area contributed by atoms with Crippen LogP contribution in [0.25, 0.3) is 0 Å². The Hall–Kier alpha value is -2.16. The monoisotopic (exact) mass is 271 g/mol. The Kier molecular flexibility index (Phi) is 4.51. The van der Waals surface area contributed by atoms with Gasteiger partial charge in [0.25, 0.3) is 0 Å². The van der Waals surface area contributed by atoms with E-state index in [0.717, 1.165) is 17.1 Å². The van der Waals surface area contributed by atoms with Crippen molar-refractivity contribution in [1.82, 2.24) is 0 Å². The first kappa shape index (κ1) is 14.3. The van der Waals surface area contributed by atoms with Crippen LogP contribution in [0.1, 0.15) is 32.4 Å². The molecule has 0 saturated carbocycles. The number of nitrogen functional groups attached to an aromatic ring is 1. The Morgan fingerprint density at radius 2 is 1.45 bits per heavy atom. The lowest BCUT2D eigenvalue weighted by Gasteiger charge is -2.17. The lowest BCUT2D eigenvalue weighted by molar-refractivity contribution is 0.219. The quantitative estimate of drug-likeness (QED) is 0.829. The van der Waals surface area contributed by atoms with E-state index in [1.807, 2.05) is 63.2 Å². The second-order valence-electron chi connectivity index (χ2n) is 5.08. The van der Waals surface area contributed by atoms with Gasteiger partial charge in [-0.3, -0.25) is 0 Å². The van der Waals surface area contributed by atoms with Crippen LogP contribution in [0.15, 0.2) is 48.5 Å². The third kappa shape index (κ3) is 3.92. The zero-order chi connectivity index (χ0) is 14.5. The number of anilines is 1. The number of rotatable bonds is 5. The van der Waals surface area contributed by atoms with Crippen LogP contribution < -0.4 is 15.2 Å². The first-order chi connectivity index (χ1) is 9.54. The molecule has 2 N–H and O–H groups in total. The summed E-state index contributed by atoms with van der Waals surface area (Å²) in [7, 11) is 0. The minimum Gasteiger partial charge on any atom is -0.491 e. The van der Waals surface area contributed by atoms with E-state index in [4.69, 9.17) is 15.2 Å². The molecule has 0 aliphatic rings. The van der Waals surface area contributed by atoms with Gasteiger partial charge in [-0.05, 0) is 26.3 Å². The van der Waals surface area contributed by atoms with E-state index < -0.39 is 0 Å². The average molecular weight is 271 g/mol. The summed E-state index contributed by atoms with van der Waals surface area (Å²) in [5.74, 6) is 1.45. The van der Waals surface area contributed by atoms with Gasteiger partial charge in [-0.1, -0.05) is 30.3 Å². The van der Waals surface area contributed by atoms with E-state index in [2.05, 4.69) is 0 Å². The summed E-state index contributed by atoms with van der Waals surface area (Å²) in [6.45, 7) is 5.98. The molecule has 0 spiro atoms. The number of hydrogen-bond acceptors (Lipinski definition) is 3. The highest BCUT2D eigenvalue weighted by atomic mass is 16.5. The third-order valence-corrected chi connectivity index (χ3v) is 2.86. The van der Waals surface area contributed by atoms with Crippen molar-refractivity contribution in [2.45, 2.75) is 33.0 Å². The van der Waals surface area contributed by atoms with E-state index in [0.29, 0.717) is 5.69 Å². The van der Waals surface area contributed by atoms with Gasteiger partial charge in [0, 0.05) is 23.9 Å². The number of benzene rings is 2. The summed E-state index contributed by atoms with van der Waals surface area (Å²) in [6, 6.07) is 15.6. The van der Waals surface area contributed by atoms with Crippen LogP contribution in [0, 0.1) is 0 Å². The van der Waals surface area contributed by atoms with Gasteiger partial charge in [-0.2, -0.15) is 0 Å².